The third kappa shape index (κ3) is 3.03. The average molecular weight is 299 g/mol. The molecule has 0 fully saturated rings. The number of nitrogens with zero attached hydrogens (tertiary/aromatic N) is 3. The van der Waals surface area contributed by atoms with Crippen LogP contribution in [0.25, 0.3) is 10.9 Å². The van der Waals surface area contributed by atoms with Crippen LogP contribution in [0.4, 0.5) is 5.82 Å². The van der Waals surface area contributed by atoms with Gasteiger partial charge in [-0.25, -0.2) is 15.0 Å². The number of benzene rings is 1. The molecule has 3 rings (SSSR count). The van der Waals surface area contributed by atoms with Crippen LogP contribution in [0.1, 0.15) is 11.5 Å². The number of anilines is 1. The van der Waals surface area contributed by atoms with Gasteiger partial charge in [0, 0.05) is 11.8 Å². The first kappa shape index (κ1) is 13.6. The van der Waals surface area contributed by atoms with Gasteiger partial charge in [-0.3, -0.25) is 4.79 Å². The van der Waals surface area contributed by atoms with Gasteiger partial charge in [-0.05, 0) is 19.1 Å². The van der Waals surface area contributed by atoms with Crippen LogP contribution in [0.3, 0.4) is 0 Å². The molecule has 21 heavy (non-hydrogen) atoms. The number of rotatable bonds is 3. The van der Waals surface area contributed by atoms with Crippen molar-refractivity contribution in [1.29, 1.82) is 0 Å². The summed E-state index contributed by atoms with van der Waals surface area (Å²) < 4.78 is 0. The van der Waals surface area contributed by atoms with E-state index in [9.17, 15) is 4.79 Å². The van der Waals surface area contributed by atoms with E-state index in [2.05, 4.69) is 19.9 Å². The van der Waals surface area contributed by atoms with Gasteiger partial charge in [0.05, 0.1) is 16.7 Å². The molecule has 0 radical (unpaired) electrons. The van der Waals surface area contributed by atoms with Gasteiger partial charge in [0.2, 0.25) is 0 Å². The molecule has 3 N–H and O–H groups in total. The number of nitrogens with two attached hydrogens (primary N) is 1. The maximum atomic E-state index is 12.0. The quantitative estimate of drug-likeness (QED) is 0.566. The molecule has 7 heteroatoms. The van der Waals surface area contributed by atoms with Crippen molar-refractivity contribution in [3.05, 3.63) is 52.2 Å². The van der Waals surface area contributed by atoms with E-state index in [0.717, 1.165) is 5.69 Å². The summed E-state index contributed by atoms with van der Waals surface area (Å²) in [7, 11) is 0. The summed E-state index contributed by atoms with van der Waals surface area (Å²) in [5, 5.41) is 1.16. The van der Waals surface area contributed by atoms with Crippen molar-refractivity contribution in [3.8, 4) is 0 Å². The van der Waals surface area contributed by atoms with E-state index in [1.165, 1.54) is 11.8 Å². The lowest BCUT2D eigenvalue weighted by atomic mass is 10.2. The first-order valence-corrected chi connectivity index (χ1v) is 7.32. The minimum absolute atomic E-state index is 0.138. The molecular formula is C14H13N5OS. The van der Waals surface area contributed by atoms with E-state index in [-0.39, 0.29) is 5.56 Å². The molecule has 0 bridgehead atoms. The predicted octanol–water partition coefficient (Wildman–Crippen LogP) is 1.90. The number of para-hydroxylation sites is 1. The fraction of sp³-hybridized carbons (Fsp3) is 0.143. The Kier molecular flexibility index (Phi) is 3.57. The van der Waals surface area contributed by atoms with Gasteiger partial charge < -0.3 is 10.7 Å². The molecule has 0 aliphatic rings. The Hall–Kier alpha value is -2.41. The van der Waals surface area contributed by atoms with E-state index in [1.54, 1.807) is 12.1 Å². The maximum Gasteiger partial charge on any atom is 0.258 e. The van der Waals surface area contributed by atoms with Crippen LogP contribution < -0.4 is 11.3 Å². The highest BCUT2D eigenvalue weighted by molar-refractivity contribution is 7.98. The molecule has 2 aromatic heterocycles. The molecule has 0 aliphatic heterocycles. The first-order chi connectivity index (χ1) is 10.1. The number of nitrogens with one attached hydrogen (secondary N) is 1. The van der Waals surface area contributed by atoms with E-state index in [4.69, 9.17) is 5.73 Å². The lowest BCUT2D eigenvalue weighted by molar-refractivity contribution is 0.935. The van der Waals surface area contributed by atoms with Crippen molar-refractivity contribution in [2.45, 2.75) is 17.8 Å². The number of thioether (sulfide) groups is 1. The summed E-state index contributed by atoms with van der Waals surface area (Å²) in [4.78, 5) is 27.6. The maximum absolute atomic E-state index is 12.0. The van der Waals surface area contributed by atoms with Crippen molar-refractivity contribution >= 4 is 28.5 Å². The number of aromatic amines is 1. The van der Waals surface area contributed by atoms with Crippen LogP contribution in [0.2, 0.25) is 0 Å². The van der Waals surface area contributed by atoms with E-state index < -0.39 is 0 Å². The molecule has 0 atom stereocenters. The second-order valence-electron chi connectivity index (χ2n) is 4.54. The highest BCUT2D eigenvalue weighted by atomic mass is 32.2. The van der Waals surface area contributed by atoms with Crippen molar-refractivity contribution in [2.75, 3.05) is 5.73 Å². The van der Waals surface area contributed by atoms with Gasteiger partial charge in [-0.15, -0.1) is 0 Å². The molecule has 0 aliphatic carbocycles. The van der Waals surface area contributed by atoms with Gasteiger partial charge in [-0.2, -0.15) is 0 Å². The number of hydrogen-bond acceptors (Lipinski definition) is 6. The van der Waals surface area contributed by atoms with E-state index in [1.807, 2.05) is 25.1 Å². The number of H-pyrrole nitrogens is 1. The summed E-state index contributed by atoms with van der Waals surface area (Å²) in [6.45, 7) is 1.86. The second kappa shape index (κ2) is 5.53. The number of hydrogen-bond donors (Lipinski definition) is 2. The van der Waals surface area contributed by atoms with Crippen molar-refractivity contribution in [2.24, 2.45) is 0 Å². The molecule has 0 unspecified atom stereocenters. The van der Waals surface area contributed by atoms with E-state index >= 15 is 0 Å². The van der Waals surface area contributed by atoms with Gasteiger partial charge in [0.1, 0.15) is 11.6 Å². The Labute approximate surface area is 124 Å². The lowest BCUT2D eigenvalue weighted by Crippen LogP contribution is -2.11. The highest BCUT2D eigenvalue weighted by Crippen LogP contribution is 2.19. The monoisotopic (exact) mass is 299 g/mol. The number of aromatic nitrogens is 4. The summed E-state index contributed by atoms with van der Waals surface area (Å²) in [5.41, 5.74) is 7.04. The molecule has 0 saturated heterocycles. The molecule has 6 nitrogen and oxygen atoms in total. The summed E-state index contributed by atoms with van der Waals surface area (Å²) >= 11 is 1.38. The van der Waals surface area contributed by atoms with Crippen LogP contribution in [-0.2, 0) is 5.75 Å². The number of aryl methyl sites for hydroxylation is 1. The Morgan fingerprint density at radius 3 is 2.86 bits per heavy atom. The van der Waals surface area contributed by atoms with Gasteiger partial charge >= 0.3 is 0 Å². The zero-order chi connectivity index (χ0) is 14.8. The highest BCUT2D eigenvalue weighted by Gasteiger charge is 2.06. The van der Waals surface area contributed by atoms with Gasteiger partial charge in [0.25, 0.3) is 5.56 Å². The molecule has 0 amide bonds. The third-order valence-electron chi connectivity index (χ3n) is 2.85. The second-order valence-corrected chi connectivity index (χ2v) is 5.48. The molecule has 1 aromatic carbocycles. The average Bonchev–Trinajstić information content (AvgIpc) is 2.44. The topological polar surface area (TPSA) is 97.5 Å². The van der Waals surface area contributed by atoms with Crippen molar-refractivity contribution in [3.63, 3.8) is 0 Å². The molecule has 0 spiro atoms. The zero-order valence-electron chi connectivity index (χ0n) is 11.3. The Morgan fingerprint density at radius 2 is 2.05 bits per heavy atom. The lowest BCUT2D eigenvalue weighted by Gasteiger charge is -2.04. The molecule has 2 heterocycles. The molecule has 106 valence electrons. The first-order valence-electron chi connectivity index (χ1n) is 6.34. The largest absolute Gasteiger partial charge is 0.384 e. The standard InChI is InChI=1S/C14H13N5OS/c1-8-6-11(15)18-14(16-8)21-7-12-17-10-5-3-2-4-9(10)13(20)19-12/h2-6H,7H2,1H3,(H2,15,16,18)(H,17,19,20). The van der Waals surface area contributed by atoms with Crippen LogP contribution in [0.15, 0.2) is 40.3 Å². The number of nitrogen functional groups attached to an aromatic ring is 1. The third-order valence-corrected chi connectivity index (χ3v) is 3.71. The van der Waals surface area contributed by atoms with Crippen LogP contribution in [0, 0.1) is 6.92 Å². The Bertz CT molecular complexity index is 841. The minimum Gasteiger partial charge on any atom is -0.384 e. The van der Waals surface area contributed by atoms with Crippen molar-refractivity contribution in [1.82, 2.24) is 19.9 Å². The fourth-order valence-corrected chi connectivity index (χ4v) is 2.75. The predicted molar refractivity (Wildman–Crippen MR) is 83.1 cm³/mol. The zero-order valence-corrected chi connectivity index (χ0v) is 12.1. The smallest absolute Gasteiger partial charge is 0.258 e. The molecule has 0 saturated carbocycles. The minimum atomic E-state index is -0.138. The SMILES string of the molecule is Cc1cc(N)nc(SCc2nc3ccccc3c(=O)[nH]2)n1. The number of fused-ring (bicyclic) bond motifs is 1. The molecule has 3 aromatic rings. The molecular weight excluding hydrogens is 286 g/mol. The van der Waals surface area contributed by atoms with Crippen molar-refractivity contribution < 1.29 is 0 Å². The van der Waals surface area contributed by atoms with Gasteiger partial charge in [-0.1, -0.05) is 23.9 Å². The Balaban J connectivity index is 1.86. The summed E-state index contributed by atoms with van der Waals surface area (Å²) in [5.74, 6) is 1.50. The fourth-order valence-electron chi connectivity index (χ4n) is 1.97. The van der Waals surface area contributed by atoms with Crippen LogP contribution in [-0.4, -0.2) is 19.9 Å². The summed E-state index contributed by atoms with van der Waals surface area (Å²) in [6, 6.07) is 8.95. The normalized spacial score (nSPS) is 10.9. The van der Waals surface area contributed by atoms with Crippen LogP contribution in [0.5, 0.6) is 0 Å². The van der Waals surface area contributed by atoms with Crippen LogP contribution >= 0.6 is 11.8 Å². The van der Waals surface area contributed by atoms with E-state index in [0.29, 0.717) is 33.5 Å². The summed E-state index contributed by atoms with van der Waals surface area (Å²) in [6.07, 6.45) is 0. The van der Waals surface area contributed by atoms with Gasteiger partial charge in [0.15, 0.2) is 5.16 Å². The Morgan fingerprint density at radius 1 is 1.24 bits per heavy atom.